The standard InChI is InChI=1S/C17H22N4O2/c1-17(2,3)21-13-8-9-19-16(23)14(13)15(18)20-10-11-4-6-12(22)7-5-11/h4-9,22H,10H2,1-3H3,(H2,18,20)(H2,19,21,23). The Bertz CT molecular complexity index is 755. The van der Waals surface area contributed by atoms with Crippen molar-refractivity contribution in [2.75, 3.05) is 5.32 Å². The van der Waals surface area contributed by atoms with E-state index in [2.05, 4.69) is 15.3 Å². The maximum atomic E-state index is 12.1. The normalized spacial score (nSPS) is 12.2. The van der Waals surface area contributed by atoms with Crippen molar-refractivity contribution in [3.63, 3.8) is 0 Å². The molecular weight excluding hydrogens is 292 g/mol. The number of hydrogen-bond acceptors (Lipinski definition) is 4. The summed E-state index contributed by atoms with van der Waals surface area (Å²) in [6, 6.07) is 8.46. The zero-order valence-electron chi connectivity index (χ0n) is 13.6. The molecule has 6 heteroatoms. The molecule has 0 saturated heterocycles. The number of aliphatic imine (C=N–C) groups is 1. The molecule has 0 saturated carbocycles. The highest BCUT2D eigenvalue weighted by atomic mass is 16.3. The van der Waals surface area contributed by atoms with Gasteiger partial charge in [0.05, 0.1) is 12.2 Å². The summed E-state index contributed by atoms with van der Waals surface area (Å²) in [5.74, 6) is 0.369. The summed E-state index contributed by atoms with van der Waals surface area (Å²) in [4.78, 5) is 19.1. The van der Waals surface area contributed by atoms with E-state index < -0.39 is 0 Å². The van der Waals surface area contributed by atoms with Crippen molar-refractivity contribution in [1.29, 1.82) is 0 Å². The van der Waals surface area contributed by atoms with Crippen LogP contribution < -0.4 is 16.6 Å². The van der Waals surface area contributed by atoms with E-state index in [0.29, 0.717) is 17.8 Å². The minimum atomic E-state index is -0.286. The van der Waals surface area contributed by atoms with Gasteiger partial charge in [0.15, 0.2) is 0 Å². The largest absolute Gasteiger partial charge is 0.508 e. The van der Waals surface area contributed by atoms with Gasteiger partial charge in [-0.2, -0.15) is 0 Å². The monoisotopic (exact) mass is 314 g/mol. The number of anilines is 1. The summed E-state index contributed by atoms with van der Waals surface area (Å²) in [6.07, 6.45) is 1.58. The molecule has 0 bridgehead atoms. The summed E-state index contributed by atoms with van der Waals surface area (Å²) >= 11 is 0. The van der Waals surface area contributed by atoms with Gasteiger partial charge in [-0.3, -0.25) is 9.79 Å². The number of phenolic OH excluding ortho intramolecular Hbond substituents is 1. The maximum Gasteiger partial charge on any atom is 0.261 e. The number of phenols is 1. The van der Waals surface area contributed by atoms with Crippen LogP contribution in [0.15, 0.2) is 46.3 Å². The summed E-state index contributed by atoms with van der Waals surface area (Å²) in [5.41, 5.74) is 7.41. The van der Waals surface area contributed by atoms with E-state index in [4.69, 9.17) is 5.73 Å². The fourth-order valence-corrected chi connectivity index (χ4v) is 2.10. The number of benzene rings is 1. The van der Waals surface area contributed by atoms with Crippen LogP contribution in [0.3, 0.4) is 0 Å². The second kappa shape index (κ2) is 6.56. The van der Waals surface area contributed by atoms with Crippen molar-refractivity contribution in [3.05, 3.63) is 58.0 Å². The first kappa shape index (κ1) is 16.6. The highest BCUT2D eigenvalue weighted by Gasteiger charge is 2.16. The number of hydrogen-bond donors (Lipinski definition) is 4. The van der Waals surface area contributed by atoms with Gasteiger partial charge in [-0.05, 0) is 44.5 Å². The maximum absolute atomic E-state index is 12.1. The molecule has 23 heavy (non-hydrogen) atoms. The zero-order chi connectivity index (χ0) is 17.0. The molecule has 1 aromatic heterocycles. The predicted molar refractivity (Wildman–Crippen MR) is 93.0 cm³/mol. The van der Waals surface area contributed by atoms with Gasteiger partial charge in [0.1, 0.15) is 17.1 Å². The quantitative estimate of drug-likeness (QED) is 0.513. The van der Waals surface area contributed by atoms with Crippen molar-refractivity contribution in [2.45, 2.75) is 32.9 Å². The van der Waals surface area contributed by atoms with Gasteiger partial charge >= 0.3 is 0 Å². The molecule has 0 aliphatic carbocycles. The van der Waals surface area contributed by atoms with Gasteiger partial charge in [-0.1, -0.05) is 12.1 Å². The lowest BCUT2D eigenvalue weighted by molar-refractivity contribution is 0.475. The molecule has 0 aliphatic heterocycles. The number of aromatic nitrogens is 1. The molecule has 0 unspecified atom stereocenters. The van der Waals surface area contributed by atoms with E-state index in [1.165, 1.54) is 0 Å². The summed E-state index contributed by atoms with van der Waals surface area (Å²) in [7, 11) is 0. The first-order chi connectivity index (χ1) is 10.8. The average Bonchev–Trinajstić information content (AvgIpc) is 2.45. The third kappa shape index (κ3) is 4.60. The van der Waals surface area contributed by atoms with Crippen molar-refractivity contribution < 1.29 is 5.11 Å². The lowest BCUT2D eigenvalue weighted by Gasteiger charge is -2.23. The molecule has 6 nitrogen and oxygen atoms in total. The predicted octanol–water partition coefficient (Wildman–Crippen LogP) is 2.20. The molecule has 2 aromatic rings. The van der Waals surface area contributed by atoms with Crippen LogP contribution in [0.25, 0.3) is 0 Å². The van der Waals surface area contributed by atoms with E-state index in [9.17, 15) is 9.90 Å². The third-order valence-electron chi connectivity index (χ3n) is 3.09. The highest BCUT2D eigenvalue weighted by Crippen LogP contribution is 2.17. The summed E-state index contributed by atoms with van der Waals surface area (Å²) < 4.78 is 0. The van der Waals surface area contributed by atoms with Gasteiger partial charge in [-0.25, -0.2) is 0 Å². The second-order valence-electron chi connectivity index (χ2n) is 6.34. The number of aromatic amines is 1. The minimum absolute atomic E-state index is 0.173. The molecule has 0 fully saturated rings. The van der Waals surface area contributed by atoms with Gasteiger partial charge < -0.3 is 21.1 Å². The fraction of sp³-hybridized carbons (Fsp3) is 0.294. The molecule has 0 spiro atoms. The number of pyridine rings is 1. The molecule has 1 heterocycles. The van der Waals surface area contributed by atoms with Crippen molar-refractivity contribution in [2.24, 2.45) is 10.7 Å². The number of H-pyrrole nitrogens is 1. The number of aromatic hydroxyl groups is 1. The molecule has 2 rings (SSSR count). The van der Waals surface area contributed by atoms with Crippen LogP contribution in [0.2, 0.25) is 0 Å². The Morgan fingerprint density at radius 1 is 1.26 bits per heavy atom. The molecule has 1 aromatic carbocycles. The lowest BCUT2D eigenvalue weighted by Crippen LogP contribution is -2.32. The molecule has 5 N–H and O–H groups in total. The Hall–Kier alpha value is -2.76. The number of nitrogens with zero attached hydrogens (tertiary/aromatic N) is 1. The molecule has 0 atom stereocenters. The van der Waals surface area contributed by atoms with Crippen LogP contribution in [-0.2, 0) is 6.54 Å². The van der Waals surface area contributed by atoms with Crippen LogP contribution in [0.4, 0.5) is 5.69 Å². The van der Waals surface area contributed by atoms with E-state index in [-0.39, 0.29) is 22.7 Å². The fourth-order valence-electron chi connectivity index (χ4n) is 2.10. The van der Waals surface area contributed by atoms with E-state index >= 15 is 0 Å². The van der Waals surface area contributed by atoms with Gasteiger partial charge in [0.2, 0.25) is 0 Å². The molecular formula is C17H22N4O2. The Kier molecular flexibility index (Phi) is 4.74. The number of nitrogens with one attached hydrogen (secondary N) is 2. The Balaban J connectivity index is 2.30. The van der Waals surface area contributed by atoms with Crippen LogP contribution in [0.5, 0.6) is 5.75 Å². The number of amidine groups is 1. The molecule has 0 radical (unpaired) electrons. The summed E-state index contributed by atoms with van der Waals surface area (Å²) in [5, 5.41) is 12.5. The van der Waals surface area contributed by atoms with Crippen molar-refractivity contribution >= 4 is 11.5 Å². The summed E-state index contributed by atoms with van der Waals surface area (Å²) in [6.45, 7) is 6.33. The third-order valence-corrected chi connectivity index (χ3v) is 3.09. The van der Waals surface area contributed by atoms with Crippen molar-refractivity contribution in [3.8, 4) is 5.75 Å². The van der Waals surface area contributed by atoms with Crippen LogP contribution >= 0.6 is 0 Å². The molecule has 0 aliphatic rings. The number of nitrogens with two attached hydrogens (primary N) is 1. The molecule has 0 amide bonds. The Labute approximate surface area is 135 Å². The van der Waals surface area contributed by atoms with Crippen LogP contribution in [0.1, 0.15) is 31.9 Å². The van der Waals surface area contributed by atoms with E-state index in [1.807, 2.05) is 20.8 Å². The first-order valence-corrected chi connectivity index (χ1v) is 7.34. The first-order valence-electron chi connectivity index (χ1n) is 7.34. The van der Waals surface area contributed by atoms with Gasteiger partial charge in [0, 0.05) is 11.7 Å². The highest BCUT2D eigenvalue weighted by molar-refractivity contribution is 6.02. The van der Waals surface area contributed by atoms with Crippen LogP contribution in [-0.4, -0.2) is 21.5 Å². The lowest BCUT2D eigenvalue weighted by atomic mass is 10.1. The Morgan fingerprint density at radius 2 is 1.91 bits per heavy atom. The zero-order valence-corrected chi connectivity index (χ0v) is 13.6. The SMILES string of the molecule is CC(C)(C)Nc1cc[nH]c(=O)c1C(N)=NCc1ccc(O)cc1. The van der Waals surface area contributed by atoms with E-state index in [0.717, 1.165) is 5.56 Å². The minimum Gasteiger partial charge on any atom is -0.508 e. The topological polar surface area (TPSA) is 104 Å². The Morgan fingerprint density at radius 3 is 2.52 bits per heavy atom. The second-order valence-corrected chi connectivity index (χ2v) is 6.34. The van der Waals surface area contributed by atoms with Crippen molar-refractivity contribution in [1.82, 2.24) is 4.98 Å². The van der Waals surface area contributed by atoms with E-state index in [1.54, 1.807) is 36.5 Å². The smallest absolute Gasteiger partial charge is 0.261 e. The van der Waals surface area contributed by atoms with Gasteiger partial charge in [0.25, 0.3) is 5.56 Å². The van der Waals surface area contributed by atoms with Crippen LogP contribution in [0, 0.1) is 0 Å². The molecule has 122 valence electrons. The number of rotatable bonds is 4. The average molecular weight is 314 g/mol. The van der Waals surface area contributed by atoms with Gasteiger partial charge in [-0.15, -0.1) is 0 Å².